The van der Waals surface area contributed by atoms with Crippen molar-refractivity contribution in [1.29, 1.82) is 0 Å². The van der Waals surface area contributed by atoms with Crippen molar-refractivity contribution in [2.24, 2.45) is 0 Å². The number of hydrogen-bond acceptors (Lipinski definition) is 5. The van der Waals surface area contributed by atoms with Gasteiger partial charge in [0.15, 0.2) is 0 Å². The number of nitrogens with zero attached hydrogens (tertiary/aromatic N) is 2. The quantitative estimate of drug-likeness (QED) is 0.734. The fraction of sp³-hybridized carbons (Fsp3) is 0.500. The summed E-state index contributed by atoms with van der Waals surface area (Å²) in [6.45, 7) is 7.67. The normalized spacial score (nSPS) is 20.9. The zero-order valence-electron chi connectivity index (χ0n) is 16.2. The summed E-state index contributed by atoms with van der Waals surface area (Å²) in [7, 11) is 0. The van der Waals surface area contributed by atoms with Crippen molar-refractivity contribution < 1.29 is 19.1 Å². The molecule has 0 bridgehead atoms. The van der Waals surface area contributed by atoms with Crippen LogP contribution in [0, 0.1) is 0 Å². The maximum absolute atomic E-state index is 12.9. The summed E-state index contributed by atoms with van der Waals surface area (Å²) in [5, 5.41) is 3.55. The van der Waals surface area contributed by atoms with Crippen LogP contribution in [0.4, 0.5) is 4.79 Å². The molecule has 152 valence electrons. The van der Waals surface area contributed by atoms with Gasteiger partial charge in [0.1, 0.15) is 0 Å². The summed E-state index contributed by atoms with van der Waals surface area (Å²) >= 11 is 6.01. The van der Waals surface area contributed by atoms with E-state index in [2.05, 4.69) is 10.2 Å². The average Bonchev–Trinajstić information content (AvgIpc) is 2.69. The van der Waals surface area contributed by atoms with E-state index in [1.54, 1.807) is 24.0 Å². The highest BCUT2D eigenvalue weighted by Gasteiger charge is 2.38. The number of esters is 1. The van der Waals surface area contributed by atoms with Crippen molar-refractivity contribution in [3.05, 3.63) is 46.1 Å². The van der Waals surface area contributed by atoms with Crippen LogP contribution >= 0.6 is 11.6 Å². The molecule has 1 unspecified atom stereocenters. The van der Waals surface area contributed by atoms with Gasteiger partial charge in [-0.25, -0.2) is 9.59 Å². The minimum absolute atomic E-state index is 0.223. The van der Waals surface area contributed by atoms with E-state index in [0.717, 1.165) is 18.7 Å². The molecule has 3 rings (SSSR count). The number of benzene rings is 1. The SMILES string of the molecule is CCOC(=O)C1=C(CN2CCOCC2)N(CC)C(=O)NC1c1ccc(Cl)cc1. The second-order valence-electron chi connectivity index (χ2n) is 6.65. The molecule has 8 heteroatoms. The predicted molar refractivity (Wildman–Crippen MR) is 106 cm³/mol. The smallest absolute Gasteiger partial charge is 0.338 e. The number of hydrogen-bond donors (Lipinski definition) is 1. The molecule has 2 amide bonds. The number of urea groups is 1. The lowest BCUT2D eigenvalue weighted by Gasteiger charge is -2.38. The molecule has 0 spiro atoms. The summed E-state index contributed by atoms with van der Waals surface area (Å²) in [6, 6.07) is 6.33. The highest BCUT2D eigenvalue weighted by atomic mass is 35.5. The van der Waals surface area contributed by atoms with E-state index in [9.17, 15) is 9.59 Å². The third-order valence-corrected chi connectivity index (χ3v) is 5.18. The number of amides is 2. The van der Waals surface area contributed by atoms with Gasteiger partial charge in [0.25, 0.3) is 0 Å². The Morgan fingerprint density at radius 3 is 2.54 bits per heavy atom. The predicted octanol–water partition coefficient (Wildman–Crippen LogP) is 2.58. The molecule has 1 saturated heterocycles. The first-order valence-corrected chi connectivity index (χ1v) is 9.96. The number of rotatable bonds is 6. The van der Waals surface area contributed by atoms with E-state index in [4.69, 9.17) is 21.1 Å². The summed E-state index contributed by atoms with van der Waals surface area (Å²) < 4.78 is 10.8. The molecule has 1 aromatic rings. The Morgan fingerprint density at radius 2 is 1.93 bits per heavy atom. The van der Waals surface area contributed by atoms with Crippen molar-refractivity contribution in [3.63, 3.8) is 0 Å². The van der Waals surface area contributed by atoms with Crippen LogP contribution in [-0.4, -0.2) is 67.8 Å². The number of halogens is 1. The van der Waals surface area contributed by atoms with E-state index in [1.165, 1.54) is 0 Å². The van der Waals surface area contributed by atoms with Crippen LogP contribution < -0.4 is 5.32 Å². The van der Waals surface area contributed by atoms with Gasteiger partial charge in [-0.1, -0.05) is 23.7 Å². The molecule has 7 nitrogen and oxygen atoms in total. The van der Waals surface area contributed by atoms with E-state index < -0.39 is 12.0 Å². The zero-order valence-corrected chi connectivity index (χ0v) is 17.0. The van der Waals surface area contributed by atoms with Crippen LogP contribution in [0.15, 0.2) is 35.5 Å². The van der Waals surface area contributed by atoms with Gasteiger partial charge in [-0.05, 0) is 31.5 Å². The first kappa shape index (κ1) is 20.6. The molecular formula is C20H26ClN3O4. The van der Waals surface area contributed by atoms with Crippen molar-refractivity contribution in [1.82, 2.24) is 15.1 Å². The zero-order chi connectivity index (χ0) is 20.1. The molecule has 2 aliphatic heterocycles. The van der Waals surface area contributed by atoms with Gasteiger partial charge >= 0.3 is 12.0 Å². The molecule has 1 atom stereocenters. The van der Waals surface area contributed by atoms with Crippen molar-refractivity contribution in [3.8, 4) is 0 Å². The van der Waals surface area contributed by atoms with Crippen molar-refractivity contribution in [2.75, 3.05) is 46.0 Å². The Hall–Kier alpha value is -2.09. The van der Waals surface area contributed by atoms with Gasteiger partial charge in [0.05, 0.1) is 31.4 Å². The minimum Gasteiger partial charge on any atom is -0.463 e. The molecule has 1 fully saturated rings. The summed E-state index contributed by atoms with van der Waals surface area (Å²) in [5.41, 5.74) is 1.94. The lowest BCUT2D eigenvalue weighted by atomic mass is 9.94. The Labute approximate surface area is 170 Å². The van der Waals surface area contributed by atoms with Gasteiger partial charge in [-0.15, -0.1) is 0 Å². The van der Waals surface area contributed by atoms with Gasteiger partial charge in [-0.3, -0.25) is 9.80 Å². The first-order valence-electron chi connectivity index (χ1n) is 9.58. The van der Waals surface area contributed by atoms with E-state index >= 15 is 0 Å². The van der Waals surface area contributed by atoms with E-state index in [-0.39, 0.29) is 12.6 Å². The van der Waals surface area contributed by atoms with Crippen LogP contribution in [-0.2, 0) is 14.3 Å². The molecule has 0 saturated carbocycles. The molecule has 28 heavy (non-hydrogen) atoms. The molecule has 0 aromatic heterocycles. The molecule has 2 heterocycles. The number of morpholine rings is 1. The highest BCUT2D eigenvalue weighted by Crippen LogP contribution is 2.32. The molecule has 1 aromatic carbocycles. The van der Waals surface area contributed by atoms with Crippen LogP contribution in [0.5, 0.6) is 0 Å². The van der Waals surface area contributed by atoms with E-state index in [0.29, 0.717) is 42.6 Å². The number of ether oxygens (including phenoxy) is 2. The second-order valence-corrected chi connectivity index (χ2v) is 7.08. The standard InChI is InChI=1S/C20H26ClN3O4/c1-3-24-16(13-23-9-11-27-12-10-23)17(19(25)28-4-2)18(22-20(24)26)14-5-7-15(21)8-6-14/h5-8,18H,3-4,9-13H2,1-2H3,(H,22,26). The second kappa shape index (κ2) is 9.41. The van der Waals surface area contributed by atoms with Gasteiger partial charge in [-0.2, -0.15) is 0 Å². The fourth-order valence-electron chi connectivity index (χ4n) is 3.53. The van der Waals surface area contributed by atoms with Crippen LogP contribution in [0.3, 0.4) is 0 Å². The summed E-state index contributed by atoms with van der Waals surface area (Å²) in [4.78, 5) is 29.6. The largest absolute Gasteiger partial charge is 0.463 e. The van der Waals surface area contributed by atoms with Gasteiger partial charge in [0, 0.05) is 36.9 Å². The minimum atomic E-state index is -0.581. The molecule has 0 radical (unpaired) electrons. The Bertz CT molecular complexity index is 744. The first-order chi connectivity index (χ1) is 13.5. The average molecular weight is 408 g/mol. The highest BCUT2D eigenvalue weighted by molar-refractivity contribution is 6.30. The topological polar surface area (TPSA) is 71.1 Å². The molecule has 0 aliphatic carbocycles. The lowest BCUT2D eigenvalue weighted by Crippen LogP contribution is -2.51. The van der Waals surface area contributed by atoms with Gasteiger partial charge in [0.2, 0.25) is 0 Å². The Kier molecular flexibility index (Phi) is 6.93. The lowest BCUT2D eigenvalue weighted by molar-refractivity contribution is -0.139. The van der Waals surface area contributed by atoms with Crippen molar-refractivity contribution >= 4 is 23.6 Å². The maximum Gasteiger partial charge on any atom is 0.338 e. The molecule has 1 N–H and O–H groups in total. The van der Waals surface area contributed by atoms with Crippen LogP contribution in [0.2, 0.25) is 5.02 Å². The number of nitrogens with one attached hydrogen (secondary N) is 1. The maximum atomic E-state index is 12.9. The Balaban J connectivity index is 2.06. The third-order valence-electron chi connectivity index (χ3n) is 4.93. The molecule has 2 aliphatic rings. The number of carbonyl (C=O) groups is 2. The molecular weight excluding hydrogens is 382 g/mol. The van der Waals surface area contributed by atoms with Crippen LogP contribution in [0.1, 0.15) is 25.5 Å². The van der Waals surface area contributed by atoms with Crippen LogP contribution in [0.25, 0.3) is 0 Å². The summed E-state index contributed by atoms with van der Waals surface area (Å²) in [5.74, 6) is -0.413. The monoisotopic (exact) mass is 407 g/mol. The fourth-order valence-corrected chi connectivity index (χ4v) is 3.66. The van der Waals surface area contributed by atoms with E-state index in [1.807, 2.05) is 19.1 Å². The summed E-state index contributed by atoms with van der Waals surface area (Å²) in [6.07, 6.45) is 0. The third kappa shape index (κ3) is 4.48. The van der Waals surface area contributed by atoms with Gasteiger partial charge < -0.3 is 14.8 Å². The Morgan fingerprint density at radius 1 is 1.25 bits per heavy atom. The van der Waals surface area contributed by atoms with Crippen molar-refractivity contribution in [2.45, 2.75) is 19.9 Å². The number of likely N-dealkylation sites (N-methyl/N-ethyl adjacent to an activating group) is 1. The number of carbonyl (C=O) groups excluding carboxylic acids is 2.